The van der Waals surface area contributed by atoms with Crippen molar-refractivity contribution < 1.29 is 55.3 Å². The maximum absolute atomic E-state index is 12.6. The van der Waals surface area contributed by atoms with Crippen LogP contribution >= 0.6 is 95.6 Å². The molecular formula is C120H108Br6N12O12. The fourth-order valence-corrected chi connectivity index (χ4v) is 21.0. The number of benzene rings is 13. The van der Waals surface area contributed by atoms with Crippen LogP contribution in [0.1, 0.15) is 210 Å². The molecule has 30 heteroatoms. The first-order chi connectivity index (χ1) is 73.2. The summed E-state index contributed by atoms with van der Waals surface area (Å²) in [5.41, 5.74) is 14.8. The van der Waals surface area contributed by atoms with Crippen LogP contribution in [-0.2, 0) is 0 Å². The van der Waals surface area contributed by atoms with Gasteiger partial charge in [-0.1, -0.05) is 205 Å². The molecule has 0 atom stereocenters. The Kier molecular flexibility index (Phi) is 35.2. The maximum Gasteiger partial charge on any atom is 0.253 e. The third-order valence-corrected chi connectivity index (χ3v) is 31.0. The molecule has 0 unspecified atom stereocenters. The zero-order chi connectivity index (χ0) is 103. The lowest BCUT2D eigenvalue weighted by molar-refractivity contribution is 0.0699. The van der Waals surface area contributed by atoms with E-state index < -0.39 is 0 Å². The van der Waals surface area contributed by atoms with Gasteiger partial charge in [-0.2, -0.15) is 0 Å². The van der Waals surface area contributed by atoms with Crippen LogP contribution < -0.4 is 0 Å². The van der Waals surface area contributed by atoms with Crippen LogP contribution in [-0.4, -0.2) is 173 Å². The van der Waals surface area contributed by atoms with E-state index in [1.165, 1.54) is 0 Å². The minimum Gasteiger partial charge on any atom is -0.440 e. The highest BCUT2D eigenvalue weighted by Crippen LogP contribution is 2.39. The molecule has 6 aromatic heterocycles. The molecule has 0 N–H and O–H groups in total. The van der Waals surface area contributed by atoms with E-state index in [1.54, 1.807) is 0 Å². The Morgan fingerprint density at radius 3 is 0.413 bits per heavy atom. The largest absolute Gasteiger partial charge is 0.440 e. The van der Waals surface area contributed by atoms with Gasteiger partial charge in [0, 0.05) is 174 Å². The van der Waals surface area contributed by atoms with E-state index in [0.717, 1.165) is 318 Å². The fourth-order valence-electron chi connectivity index (χ4n) is 19.4. The molecule has 19 aromatic rings. The van der Waals surface area contributed by atoms with E-state index in [0.29, 0.717) is 0 Å². The molecule has 0 radical (unpaired) electrons. The second-order valence-corrected chi connectivity index (χ2v) is 43.2. The second kappa shape index (κ2) is 50.3. The topological polar surface area (TPSA) is 278 Å². The monoisotopic (exact) mass is 2380 g/mol. The highest BCUT2D eigenvalue weighted by atomic mass is 79.9. The van der Waals surface area contributed by atoms with Crippen molar-refractivity contribution in [2.75, 3.05) is 78.5 Å². The van der Waals surface area contributed by atoms with Crippen molar-refractivity contribution in [2.45, 2.75) is 113 Å². The summed E-state index contributed by atoms with van der Waals surface area (Å²) in [4.78, 5) is 115. The third-order valence-electron chi connectivity index (χ3n) is 27.9. The van der Waals surface area contributed by atoms with Crippen LogP contribution in [0.25, 0.3) is 66.6 Å². The molecule has 0 spiro atoms. The Labute approximate surface area is 918 Å². The minimum atomic E-state index is 0.0958. The Balaban J connectivity index is 0.000000111. The van der Waals surface area contributed by atoms with E-state index >= 15 is 0 Å². The zero-order valence-electron chi connectivity index (χ0n) is 82.1. The van der Waals surface area contributed by atoms with E-state index in [9.17, 15) is 28.8 Å². The number of carbonyl (C=O) groups is 6. The van der Waals surface area contributed by atoms with Crippen LogP contribution in [0.5, 0.6) is 0 Å². The number of halogens is 6. The van der Waals surface area contributed by atoms with Crippen molar-refractivity contribution in [3.63, 3.8) is 0 Å². The number of aromatic nitrogens is 6. The van der Waals surface area contributed by atoms with Crippen molar-refractivity contribution in [2.24, 2.45) is 0 Å². The number of piperidine rings is 6. The number of carbonyl (C=O) groups excluding carboxylic acids is 6. The number of para-hydroxylation sites is 12. The first-order valence-electron chi connectivity index (χ1n) is 50.7. The summed E-state index contributed by atoms with van der Waals surface area (Å²) in [6.07, 6.45) is 10.6. The quantitative estimate of drug-likeness (QED) is 0.110. The average Bonchev–Trinajstić information content (AvgIpc) is 1.67. The van der Waals surface area contributed by atoms with Gasteiger partial charge in [-0.15, -0.1) is 0 Å². The van der Waals surface area contributed by atoms with Gasteiger partial charge in [0.1, 0.15) is 33.1 Å². The van der Waals surface area contributed by atoms with Crippen LogP contribution in [0.4, 0.5) is 0 Å². The standard InChI is InChI=1S/6C19H17BrN2O2.C6H6/c6*20-15-7-5-14(6-8-15)19(23)22-11-9-13(10-12-22)18-21-16-3-1-2-4-17(16)24-18;1-2-4-6-5-3-1/h6*1-8,13H,9-12H2;1-6H. The number of fused-ring (bicyclic) bond motifs is 6. The smallest absolute Gasteiger partial charge is 0.253 e. The number of likely N-dealkylation sites (tertiary alicyclic amines) is 6. The molecule has 150 heavy (non-hydrogen) atoms. The molecule has 6 saturated heterocycles. The lowest BCUT2D eigenvalue weighted by Crippen LogP contribution is -2.37. The average molecular weight is 2390 g/mol. The van der Waals surface area contributed by atoms with Gasteiger partial charge in [-0.3, -0.25) is 28.8 Å². The van der Waals surface area contributed by atoms with Gasteiger partial charge in [0.05, 0.1) is 0 Å². The minimum absolute atomic E-state index is 0.0958. The third kappa shape index (κ3) is 26.9. The molecule has 24 nitrogen and oxygen atoms in total. The number of amides is 6. The SMILES string of the molecule is O=C(c1ccc(Br)cc1)N1CCC(c2nc3ccccc3o2)CC1.O=C(c1ccc(Br)cc1)N1CCC(c2nc3ccccc3o2)CC1.O=C(c1ccc(Br)cc1)N1CCC(c2nc3ccccc3o2)CC1.O=C(c1ccc(Br)cc1)N1CCC(c2nc3ccccc3o2)CC1.O=C(c1ccc(Br)cc1)N1CCC(c2nc3ccccc3o2)CC1.O=C(c1ccc(Br)cc1)N1CCC(c2nc3ccccc3o2)CC1.c1ccccc1. The molecule has 762 valence electrons. The molecule has 13 aromatic carbocycles. The van der Waals surface area contributed by atoms with Gasteiger partial charge in [0.2, 0.25) is 0 Å². The lowest BCUT2D eigenvalue weighted by atomic mass is 9.96. The van der Waals surface area contributed by atoms with Crippen LogP contribution in [0.2, 0.25) is 0 Å². The first-order valence-corrected chi connectivity index (χ1v) is 55.4. The molecule has 0 bridgehead atoms. The van der Waals surface area contributed by atoms with Gasteiger partial charge in [0.15, 0.2) is 68.8 Å². The van der Waals surface area contributed by atoms with Crippen molar-refractivity contribution in [3.8, 4) is 0 Å². The van der Waals surface area contributed by atoms with Crippen LogP contribution in [0.3, 0.4) is 0 Å². The highest BCUT2D eigenvalue weighted by Gasteiger charge is 2.35. The lowest BCUT2D eigenvalue weighted by Gasteiger charge is -2.30. The molecular weight excluding hydrogens is 2280 g/mol. The summed E-state index contributed by atoms with van der Waals surface area (Å²) < 4.78 is 41.2. The number of hydrogen-bond donors (Lipinski definition) is 0. The summed E-state index contributed by atoms with van der Waals surface area (Å²) in [5.74, 6) is 7.07. The van der Waals surface area contributed by atoms with Crippen molar-refractivity contribution >= 4 is 198 Å². The van der Waals surface area contributed by atoms with Gasteiger partial charge in [-0.25, -0.2) is 29.9 Å². The zero-order valence-corrected chi connectivity index (χ0v) is 91.7. The Bertz CT molecular complexity index is 6400. The molecule has 6 fully saturated rings. The summed E-state index contributed by atoms with van der Waals surface area (Å²) >= 11 is 20.4. The highest BCUT2D eigenvalue weighted by molar-refractivity contribution is 9.11. The fraction of sp³-hybridized carbons (Fsp3) is 0.250. The molecule has 0 aliphatic carbocycles. The van der Waals surface area contributed by atoms with E-state index in [2.05, 4.69) is 125 Å². The molecule has 6 aliphatic heterocycles. The Morgan fingerprint density at radius 2 is 0.293 bits per heavy atom. The predicted molar refractivity (Wildman–Crippen MR) is 603 cm³/mol. The van der Waals surface area contributed by atoms with Crippen LogP contribution in [0, 0.1) is 0 Å². The number of oxazole rings is 6. The summed E-state index contributed by atoms with van der Waals surface area (Å²) in [5, 5.41) is 0. The van der Waals surface area contributed by atoms with Gasteiger partial charge in [0.25, 0.3) is 35.4 Å². The van der Waals surface area contributed by atoms with Crippen molar-refractivity contribution in [1.29, 1.82) is 0 Å². The molecule has 0 saturated carbocycles. The Morgan fingerprint density at radius 1 is 0.173 bits per heavy atom. The summed E-state index contributed by atoms with van der Waals surface area (Å²) in [7, 11) is 0. The summed E-state index contributed by atoms with van der Waals surface area (Å²) in [6.45, 7) is 8.81. The predicted octanol–water partition coefficient (Wildman–Crippen LogP) is 29.3. The summed E-state index contributed by atoms with van der Waals surface area (Å²) in [6, 6.07) is 104. The first kappa shape index (κ1) is 105. The molecule has 6 aliphatic rings. The normalized spacial score (nSPS) is 15.5. The van der Waals surface area contributed by atoms with E-state index in [1.807, 2.05) is 357 Å². The van der Waals surface area contributed by atoms with Crippen molar-refractivity contribution in [3.05, 3.63) is 423 Å². The molecule has 25 rings (SSSR count). The number of nitrogens with zero attached hydrogens (tertiary/aromatic N) is 12. The van der Waals surface area contributed by atoms with Crippen LogP contribution in [0.15, 0.2) is 381 Å². The number of rotatable bonds is 12. The van der Waals surface area contributed by atoms with Crippen molar-refractivity contribution in [1.82, 2.24) is 59.3 Å². The van der Waals surface area contributed by atoms with E-state index in [-0.39, 0.29) is 71.0 Å². The number of hydrogen-bond acceptors (Lipinski definition) is 18. The Hall–Kier alpha value is -13.6. The van der Waals surface area contributed by atoms with Gasteiger partial charge < -0.3 is 55.9 Å². The van der Waals surface area contributed by atoms with Gasteiger partial charge in [-0.05, 0) is 295 Å². The molecule has 6 amide bonds. The molecule has 12 heterocycles. The second-order valence-electron chi connectivity index (χ2n) is 37.7. The van der Waals surface area contributed by atoms with Gasteiger partial charge >= 0.3 is 0 Å². The maximum atomic E-state index is 12.6. The van der Waals surface area contributed by atoms with E-state index in [4.69, 9.17) is 26.5 Å².